The Hall–Kier alpha value is -2.57. The summed E-state index contributed by atoms with van der Waals surface area (Å²) < 4.78 is 5.16. The van der Waals surface area contributed by atoms with Crippen molar-refractivity contribution < 1.29 is 4.52 Å². The third-order valence-corrected chi connectivity index (χ3v) is 2.76. The fraction of sp³-hybridized carbons (Fsp3) is 0.308. The van der Waals surface area contributed by atoms with Crippen LogP contribution in [-0.4, -0.2) is 30.3 Å². The second-order valence-corrected chi connectivity index (χ2v) is 4.71. The highest BCUT2D eigenvalue weighted by Gasteiger charge is 2.12. The second kappa shape index (κ2) is 5.20. The topological polar surface area (TPSA) is 82.5 Å². The zero-order valence-electron chi connectivity index (χ0n) is 11.3. The summed E-state index contributed by atoms with van der Waals surface area (Å²) in [6.45, 7) is 4.34. The monoisotopic (exact) mass is 270 g/mol. The molecule has 0 saturated heterocycles. The Morgan fingerprint density at radius 1 is 1.20 bits per heavy atom. The largest absolute Gasteiger partial charge is 0.337 e. The minimum Gasteiger partial charge on any atom is -0.337 e. The molecule has 0 atom stereocenters. The number of nitrogens with zero attached hydrogens (tertiary/aromatic N) is 6. The zero-order chi connectivity index (χ0) is 13.9. The summed E-state index contributed by atoms with van der Waals surface area (Å²) in [6.07, 6.45) is 0. The lowest BCUT2D eigenvalue weighted by Gasteiger charge is -1.93. The summed E-state index contributed by atoms with van der Waals surface area (Å²) in [5.41, 5.74) is 0.923. The molecule has 0 aliphatic rings. The number of rotatable bonds is 4. The number of aromatic nitrogens is 6. The fourth-order valence-electron chi connectivity index (χ4n) is 1.70. The van der Waals surface area contributed by atoms with E-state index >= 15 is 0 Å². The van der Waals surface area contributed by atoms with Crippen LogP contribution in [0.25, 0.3) is 11.4 Å². The molecule has 0 saturated carbocycles. The number of benzene rings is 1. The van der Waals surface area contributed by atoms with Crippen LogP contribution in [0.3, 0.4) is 0 Å². The molecular weight excluding hydrogens is 256 g/mol. The van der Waals surface area contributed by atoms with Gasteiger partial charge in [0.2, 0.25) is 11.7 Å². The first-order valence-electron chi connectivity index (χ1n) is 6.38. The van der Waals surface area contributed by atoms with Crippen molar-refractivity contribution in [3.63, 3.8) is 0 Å². The van der Waals surface area contributed by atoms with Crippen LogP contribution in [0.2, 0.25) is 0 Å². The molecule has 0 unspecified atom stereocenters. The molecule has 0 bridgehead atoms. The molecule has 3 rings (SSSR count). The molecule has 0 aliphatic heterocycles. The molecule has 2 aromatic heterocycles. The van der Waals surface area contributed by atoms with Crippen LogP contribution in [0.15, 0.2) is 34.9 Å². The van der Waals surface area contributed by atoms with Crippen LogP contribution in [0.5, 0.6) is 0 Å². The van der Waals surface area contributed by atoms with Crippen molar-refractivity contribution in [1.82, 2.24) is 30.3 Å². The quantitative estimate of drug-likeness (QED) is 0.720. The van der Waals surface area contributed by atoms with Gasteiger partial charge in [0.25, 0.3) is 0 Å². The maximum Gasteiger partial charge on any atom is 0.250 e. The first-order valence-corrected chi connectivity index (χ1v) is 6.38. The smallest absolute Gasteiger partial charge is 0.250 e. The van der Waals surface area contributed by atoms with Gasteiger partial charge in [0.05, 0.1) is 0 Å². The van der Waals surface area contributed by atoms with Crippen molar-refractivity contribution in [3.8, 4) is 11.4 Å². The van der Waals surface area contributed by atoms with E-state index in [0.717, 1.165) is 5.56 Å². The van der Waals surface area contributed by atoms with E-state index < -0.39 is 0 Å². The highest BCUT2D eigenvalue weighted by Crippen LogP contribution is 2.13. The average Bonchev–Trinajstić information content (AvgIpc) is 3.10. The molecule has 0 N–H and O–H groups in total. The zero-order valence-corrected chi connectivity index (χ0v) is 11.3. The van der Waals surface area contributed by atoms with Crippen molar-refractivity contribution >= 4 is 0 Å². The van der Waals surface area contributed by atoms with E-state index in [2.05, 4.69) is 25.6 Å². The normalized spacial score (nSPS) is 11.2. The first-order chi connectivity index (χ1) is 9.72. The van der Waals surface area contributed by atoms with E-state index in [1.807, 2.05) is 44.2 Å². The van der Waals surface area contributed by atoms with Gasteiger partial charge in [-0.25, -0.2) is 0 Å². The molecule has 20 heavy (non-hydrogen) atoms. The molecule has 0 spiro atoms. The van der Waals surface area contributed by atoms with Crippen LogP contribution in [0, 0.1) is 0 Å². The van der Waals surface area contributed by atoms with Gasteiger partial charge in [-0.05, 0) is 5.21 Å². The summed E-state index contributed by atoms with van der Waals surface area (Å²) in [7, 11) is 0. The van der Waals surface area contributed by atoms with E-state index in [4.69, 9.17) is 4.52 Å². The van der Waals surface area contributed by atoms with E-state index in [1.54, 1.807) is 0 Å². The van der Waals surface area contributed by atoms with Gasteiger partial charge in [-0.15, -0.1) is 10.2 Å². The molecule has 0 fully saturated rings. The molecule has 2 heterocycles. The van der Waals surface area contributed by atoms with Gasteiger partial charge in [-0.2, -0.15) is 9.78 Å². The first kappa shape index (κ1) is 12.5. The average molecular weight is 270 g/mol. The third-order valence-electron chi connectivity index (χ3n) is 2.76. The maximum absolute atomic E-state index is 5.16. The molecule has 7 nitrogen and oxygen atoms in total. The van der Waals surface area contributed by atoms with E-state index in [0.29, 0.717) is 24.1 Å². The Morgan fingerprint density at radius 2 is 2.00 bits per heavy atom. The lowest BCUT2D eigenvalue weighted by atomic mass is 10.2. The van der Waals surface area contributed by atoms with Gasteiger partial charge < -0.3 is 4.52 Å². The van der Waals surface area contributed by atoms with Crippen LogP contribution in [0.4, 0.5) is 0 Å². The van der Waals surface area contributed by atoms with Crippen molar-refractivity contribution in [3.05, 3.63) is 42.0 Å². The van der Waals surface area contributed by atoms with E-state index in [-0.39, 0.29) is 5.92 Å². The van der Waals surface area contributed by atoms with Crippen molar-refractivity contribution in [2.45, 2.75) is 26.3 Å². The Labute approximate surface area is 115 Å². The minimum atomic E-state index is 0.232. The maximum atomic E-state index is 5.16. The molecule has 1 aromatic carbocycles. The van der Waals surface area contributed by atoms with Gasteiger partial charge in [-0.1, -0.05) is 49.3 Å². The van der Waals surface area contributed by atoms with Crippen LogP contribution in [0.1, 0.15) is 31.5 Å². The molecule has 102 valence electrons. The molecule has 7 heteroatoms. The Balaban J connectivity index is 1.77. The summed E-state index contributed by atoms with van der Waals surface area (Å²) in [6, 6.07) is 9.68. The minimum absolute atomic E-state index is 0.232. The van der Waals surface area contributed by atoms with Gasteiger partial charge in [-0.3, -0.25) is 0 Å². The fourth-order valence-corrected chi connectivity index (χ4v) is 1.70. The molecule has 0 amide bonds. The third kappa shape index (κ3) is 2.56. The summed E-state index contributed by atoms with van der Waals surface area (Å²) in [4.78, 5) is 5.73. The standard InChI is InChI=1S/C13H14N6O/c1-9(2)12-14-11(20-17-12)8-19-16-13(15-18-19)10-6-4-3-5-7-10/h3-7,9H,8H2,1-2H3. The van der Waals surface area contributed by atoms with Crippen molar-refractivity contribution in [1.29, 1.82) is 0 Å². The van der Waals surface area contributed by atoms with E-state index in [9.17, 15) is 0 Å². The van der Waals surface area contributed by atoms with Gasteiger partial charge in [0.1, 0.15) is 6.54 Å². The Kier molecular flexibility index (Phi) is 3.24. The summed E-state index contributed by atoms with van der Waals surface area (Å²) in [5, 5.41) is 16.2. The Bertz CT molecular complexity index is 688. The van der Waals surface area contributed by atoms with Gasteiger partial charge >= 0.3 is 0 Å². The van der Waals surface area contributed by atoms with Crippen LogP contribution < -0.4 is 0 Å². The number of hydrogen-bond donors (Lipinski definition) is 0. The lowest BCUT2D eigenvalue weighted by molar-refractivity contribution is 0.351. The van der Waals surface area contributed by atoms with Gasteiger partial charge in [0, 0.05) is 11.5 Å². The molecule has 0 aliphatic carbocycles. The van der Waals surface area contributed by atoms with Crippen molar-refractivity contribution in [2.24, 2.45) is 0 Å². The van der Waals surface area contributed by atoms with Crippen molar-refractivity contribution in [2.75, 3.05) is 0 Å². The lowest BCUT2D eigenvalue weighted by Crippen LogP contribution is -2.04. The molecule has 3 aromatic rings. The number of tetrazole rings is 1. The Morgan fingerprint density at radius 3 is 2.70 bits per heavy atom. The summed E-state index contributed by atoms with van der Waals surface area (Å²) in [5.74, 6) is 1.97. The van der Waals surface area contributed by atoms with Gasteiger partial charge in [0.15, 0.2) is 5.82 Å². The van der Waals surface area contributed by atoms with Crippen LogP contribution in [-0.2, 0) is 6.54 Å². The molecular formula is C13H14N6O. The summed E-state index contributed by atoms with van der Waals surface area (Å²) >= 11 is 0. The molecule has 0 radical (unpaired) electrons. The predicted octanol–water partition coefficient (Wildman–Crippen LogP) is 1.89. The van der Waals surface area contributed by atoms with Crippen LogP contribution >= 0.6 is 0 Å². The SMILES string of the molecule is CC(C)c1noc(Cn2nnc(-c3ccccc3)n2)n1. The highest BCUT2D eigenvalue weighted by molar-refractivity contribution is 5.52. The highest BCUT2D eigenvalue weighted by atomic mass is 16.5. The van der Waals surface area contributed by atoms with E-state index in [1.165, 1.54) is 4.80 Å². The second-order valence-electron chi connectivity index (χ2n) is 4.71. The predicted molar refractivity (Wildman–Crippen MR) is 70.7 cm³/mol. The number of hydrogen-bond acceptors (Lipinski definition) is 6.